The summed E-state index contributed by atoms with van der Waals surface area (Å²) in [5.41, 5.74) is 3.04. The maximum Gasteiger partial charge on any atom is 0.287 e. The Kier molecular flexibility index (Phi) is 13.5. The summed E-state index contributed by atoms with van der Waals surface area (Å²) in [4.78, 5) is 83.4. The van der Waals surface area contributed by atoms with Gasteiger partial charge in [0, 0.05) is 51.6 Å². The number of aromatic nitrogens is 3. The number of carbonyl (C=O) groups excluding carboxylic acids is 6. The van der Waals surface area contributed by atoms with Gasteiger partial charge in [0.2, 0.25) is 33.5 Å². The Morgan fingerprint density at radius 2 is 1.64 bits per heavy atom. The Labute approximate surface area is 348 Å². The average molecular weight is 858 g/mol. The molecule has 20 heteroatoms. The van der Waals surface area contributed by atoms with Gasteiger partial charge in [0.25, 0.3) is 11.8 Å². The molecule has 3 aliphatic heterocycles. The summed E-state index contributed by atoms with van der Waals surface area (Å²) < 4.78 is 29.7. The van der Waals surface area contributed by atoms with Crippen LogP contribution >= 0.6 is 11.8 Å². The van der Waals surface area contributed by atoms with Crippen molar-refractivity contribution in [1.82, 2.24) is 39.7 Å². The highest BCUT2D eigenvalue weighted by Gasteiger charge is 2.49. The number of nitrogens with two attached hydrogens (primary N) is 1. The van der Waals surface area contributed by atoms with Crippen molar-refractivity contribution in [2.75, 3.05) is 44.2 Å². The van der Waals surface area contributed by atoms with Crippen molar-refractivity contribution < 1.29 is 42.3 Å². The number of rotatable bonds is 13. The first kappa shape index (κ1) is 44.2. The summed E-state index contributed by atoms with van der Waals surface area (Å²) in [5, 5.41) is 24.9. The van der Waals surface area contributed by atoms with E-state index in [0.29, 0.717) is 23.6 Å². The van der Waals surface area contributed by atoms with Gasteiger partial charge < -0.3 is 31.3 Å². The van der Waals surface area contributed by atoms with Crippen LogP contribution in [-0.4, -0.2) is 140 Å². The second-order valence-corrected chi connectivity index (χ2v) is 19.8. The number of piperazine rings is 1. The molecular formula is C39H55N9O9S2. The zero-order chi connectivity index (χ0) is 42.7. The van der Waals surface area contributed by atoms with E-state index in [2.05, 4.69) is 20.9 Å². The van der Waals surface area contributed by atoms with E-state index < -0.39 is 68.7 Å². The second-order valence-electron chi connectivity index (χ2n) is 16.6. The largest absolute Gasteiger partial charge is 0.384 e. The maximum atomic E-state index is 14.9. The summed E-state index contributed by atoms with van der Waals surface area (Å²) in [6, 6.07) is 2.59. The van der Waals surface area contributed by atoms with Gasteiger partial charge in [-0.1, -0.05) is 37.3 Å². The third-order valence-electron chi connectivity index (χ3n) is 12.1. The van der Waals surface area contributed by atoms with E-state index >= 15 is 0 Å². The number of benzene rings is 1. The standard InChI is InChI=1S/C39H55N9O9S2/c1-25(49)45-15-17-46(18-16-45)59(56,57)29-11-9-27(10-12-29)35(52)42-30(21-26-7-5-4-6-8-26)37(54)47-24-28(48-32(23-41-44-48)38(2,3)55)22-31(47)36(53)43-39(33(50)34(40)51)13-19-58-20-14-39/h9-12,23,26,28,30-31,55H,4-8,13-22,24H2,1-3H3,(H2,40,51)(H,42,52)(H,43,53)/t28?,30-,31?/m1/s1. The van der Waals surface area contributed by atoms with Crippen LogP contribution in [0.2, 0.25) is 0 Å². The van der Waals surface area contributed by atoms with Gasteiger partial charge >= 0.3 is 0 Å². The van der Waals surface area contributed by atoms with E-state index in [1.807, 2.05) is 0 Å². The molecule has 1 aromatic heterocycles. The van der Waals surface area contributed by atoms with E-state index in [9.17, 15) is 42.3 Å². The molecule has 0 radical (unpaired) electrons. The number of amides is 5. The number of primary amides is 1. The van der Waals surface area contributed by atoms with Gasteiger partial charge in [-0.15, -0.1) is 5.10 Å². The Morgan fingerprint density at radius 1 is 1.00 bits per heavy atom. The highest BCUT2D eigenvalue weighted by atomic mass is 32.2. The molecule has 6 rings (SSSR count). The number of ketones is 1. The molecule has 322 valence electrons. The average Bonchev–Trinajstić information content (AvgIpc) is 3.90. The first-order valence-electron chi connectivity index (χ1n) is 20.3. The number of sulfonamides is 1. The van der Waals surface area contributed by atoms with Gasteiger partial charge in [-0.3, -0.25) is 28.8 Å². The van der Waals surface area contributed by atoms with Gasteiger partial charge in [-0.2, -0.15) is 16.1 Å². The van der Waals surface area contributed by atoms with Gasteiger partial charge in [0.15, 0.2) is 0 Å². The highest BCUT2D eigenvalue weighted by Crippen LogP contribution is 2.35. The fourth-order valence-electron chi connectivity index (χ4n) is 8.71. The summed E-state index contributed by atoms with van der Waals surface area (Å²) in [6.07, 6.45) is 6.79. The number of aliphatic hydroxyl groups is 1. The number of nitrogens with zero attached hydrogens (tertiary/aromatic N) is 6. The Bertz CT molecular complexity index is 2020. The lowest BCUT2D eigenvalue weighted by Crippen LogP contribution is -2.63. The van der Waals surface area contributed by atoms with Crippen molar-refractivity contribution in [3.05, 3.63) is 41.7 Å². The van der Waals surface area contributed by atoms with Gasteiger partial charge in [-0.05, 0) is 74.8 Å². The molecule has 1 aliphatic carbocycles. The molecule has 1 saturated carbocycles. The molecule has 0 spiro atoms. The molecule has 0 bridgehead atoms. The molecule has 2 unspecified atom stereocenters. The molecule has 3 saturated heterocycles. The van der Waals surface area contributed by atoms with Crippen LogP contribution in [0.15, 0.2) is 35.4 Å². The summed E-state index contributed by atoms with van der Waals surface area (Å²) in [5.74, 6) is -2.89. The smallest absolute Gasteiger partial charge is 0.287 e. The van der Waals surface area contributed by atoms with Gasteiger partial charge in [0.1, 0.15) is 23.2 Å². The quantitative estimate of drug-likeness (QED) is 0.204. The van der Waals surface area contributed by atoms with Crippen LogP contribution in [0.3, 0.4) is 0 Å². The zero-order valence-corrected chi connectivity index (χ0v) is 35.4. The molecule has 2 aromatic rings. The minimum Gasteiger partial charge on any atom is -0.384 e. The van der Waals surface area contributed by atoms with Crippen molar-refractivity contribution in [1.29, 1.82) is 0 Å². The normalized spacial score (nSPS) is 22.4. The molecule has 4 aliphatic rings. The third-order valence-corrected chi connectivity index (χ3v) is 15.0. The van der Waals surface area contributed by atoms with E-state index in [4.69, 9.17) is 5.73 Å². The number of Topliss-reactive ketones (excluding diaryl/α,β-unsaturated/α-hetero) is 1. The molecule has 59 heavy (non-hydrogen) atoms. The van der Waals surface area contributed by atoms with E-state index in [1.54, 1.807) is 30.5 Å². The van der Waals surface area contributed by atoms with Crippen LogP contribution in [0.5, 0.6) is 0 Å². The number of hydrogen-bond acceptors (Lipinski definition) is 12. The van der Waals surface area contributed by atoms with Gasteiger partial charge in [0.05, 0.1) is 22.8 Å². The van der Waals surface area contributed by atoms with Crippen LogP contribution in [-0.2, 0) is 39.6 Å². The van der Waals surface area contributed by atoms with Crippen molar-refractivity contribution in [2.45, 2.75) is 113 Å². The van der Waals surface area contributed by atoms with Crippen molar-refractivity contribution in [3.8, 4) is 0 Å². The Hall–Kier alpha value is -4.40. The summed E-state index contributed by atoms with van der Waals surface area (Å²) in [7, 11) is -3.91. The molecule has 3 atom stereocenters. The van der Waals surface area contributed by atoms with E-state index in [0.717, 1.165) is 32.1 Å². The minimum absolute atomic E-state index is 0.0141. The number of carbonyl (C=O) groups is 6. The Morgan fingerprint density at radius 3 is 2.24 bits per heavy atom. The first-order chi connectivity index (χ1) is 27.9. The predicted molar refractivity (Wildman–Crippen MR) is 216 cm³/mol. The zero-order valence-electron chi connectivity index (χ0n) is 33.8. The van der Waals surface area contributed by atoms with Crippen LogP contribution in [0.4, 0.5) is 0 Å². The topological polar surface area (TPSA) is 247 Å². The van der Waals surface area contributed by atoms with Crippen LogP contribution < -0.4 is 16.4 Å². The predicted octanol–water partition coefficient (Wildman–Crippen LogP) is 0.706. The van der Waals surface area contributed by atoms with Crippen molar-refractivity contribution in [3.63, 3.8) is 0 Å². The molecule has 1 aromatic carbocycles. The van der Waals surface area contributed by atoms with Crippen LogP contribution in [0, 0.1) is 5.92 Å². The highest BCUT2D eigenvalue weighted by molar-refractivity contribution is 7.99. The molecule has 4 heterocycles. The monoisotopic (exact) mass is 857 g/mol. The van der Waals surface area contributed by atoms with Crippen LogP contribution in [0.25, 0.3) is 0 Å². The third kappa shape index (κ3) is 9.81. The fourth-order valence-corrected chi connectivity index (χ4v) is 11.3. The SMILES string of the molecule is CC(=O)N1CCN(S(=O)(=O)c2ccc(C(=O)N[C@H](CC3CCCCC3)C(=O)N3CC(n4nncc4C(C)(C)O)CC3C(=O)NC3(C(=O)C(N)=O)CCSCC3)cc2)CC1. The van der Waals surface area contributed by atoms with Crippen molar-refractivity contribution >= 4 is 57.1 Å². The minimum atomic E-state index is -3.91. The summed E-state index contributed by atoms with van der Waals surface area (Å²) in [6.45, 7) is 5.37. The second kappa shape index (κ2) is 18.1. The van der Waals surface area contributed by atoms with Gasteiger partial charge in [-0.25, -0.2) is 13.1 Å². The lowest BCUT2D eigenvalue weighted by molar-refractivity contribution is -0.145. The molecule has 5 amide bonds. The molecule has 5 N–H and O–H groups in total. The molecule has 4 fully saturated rings. The van der Waals surface area contributed by atoms with E-state index in [1.165, 1.54) is 51.3 Å². The van der Waals surface area contributed by atoms with Crippen molar-refractivity contribution in [2.24, 2.45) is 11.7 Å². The fraction of sp³-hybridized carbons (Fsp3) is 0.641. The van der Waals surface area contributed by atoms with E-state index in [-0.39, 0.29) is 74.3 Å². The lowest BCUT2D eigenvalue weighted by atomic mass is 9.84. The number of nitrogens with one attached hydrogen (secondary N) is 2. The Balaban J connectivity index is 1.27. The van der Waals surface area contributed by atoms with Crippen LogP contribution in [0.1, 0.15) is 101 Å². The molecular weight excluding hydrogens is 803 g/mol. The lowest BCUT2D eigenvalue weighted by Gasteiger charge is -2.37. The summed E-state index contributed by atoms with van der Waals surface area (Å²) >= 11 is 1.58. The first-order valence-corrected chi connectivity index (χ1v) is 22.8. The number of likely N-dealkylation sites (tertiary alicyclic amines) is 1. The maximum absolute atomic E-state index is 14.9. The number of hydrogen-bond donors (Lipinski definition) is 4. The number of thioether (sulfide) groups is 1. The molecule has 18 nitrogen and oxygen atoms in total.